The third-order valence-electron chi connectivity index (χ3n) is 11.8. The van der Waals surface area contributed by atoms with E-state index >= 15 is 0 Å². The molecule has 0 bridgehead atoms. The largest absolute Gasteiger partial charge is 0.477 e. The molecule has 19 heteroatoms. The van der Waals surface area contributed by atoms with Crippen LogP contribution in [0.5, 0.6) is 0 Å². The van der Waals surface area contributed by atoms with Crippen LogP contribution in [0.4, 0.5) is 30.7 Å². The van der Waals surface area contributed by atoms with Gasteiger partial charge in [-0.2, -0.15) is 26.9 Å². The van der Waals surface area contributed by atoms with Gasteiger partial charge >= 0.3 is 18.1 Å². The number of halogens is 7. The number of aryl methyl sites for hydroxylation is 2. The maximum Gasteiger partial charge on any atom is 0.416 e. The van der Waals surface area contributed by atoms with E-state index in [1.165, 1.54) is 30.5 Å². The van der Waals surface area contributed by atoms with E-state index in [9.17, 15) is 49.9 Å². The van der Waals surface area contributed by atoms with Crippen molar-refractivity contribution in [2.24, 2.45) is 0 Å². The third-order valence-corrected chi connectivity index (χ3v) is 11.8. The van der Waals surface area contributed by atoms with Crippen LogP contribution in [0, 0.1) is 11.6 Å². The monoisotopic (exact) mass is 926 g/mol. The van der Waals surface area contributed by atoms with E-state index in [4.69, 9.17) is 9.84 Å². The molecule has 4 heterocycles. The summed E-state index contributed by atoms with van der Waals surface area (Å²) in [6.07, 6.45) is -1.80. The van der Waals surface area contributed by atoms with Gasteiger partial charge in [-0.25, -0.2) is 18.6 Å². The Morgan fingerprint density at radius 1 is 0.818 bits per heavy atom. The molecule has 0 atom stereocenters. The molecule has 2 saturated heterocycles. The lowest BCUT2D eigenvalue weighted by atomic mass is 9.93. The quantitative estimate of drug-likeness (QED) is 0.127. The van der Waals surface area contributed by atoms with E-state index in [0.29, 0.717) is 70.3 Å². The van der Waals surface area contributed by atoms with Crippen LogP contribution in [0.3, 0.4) is 0 Å². The number of pyridine rings is 1. The summed E-state index contributed by atoms with van der Waals surface area (Å²) in [5.74, 6) is -7.74. The Kier molecular flexibility index (Phi) is 15.3. The molecule has 0 saturated carbocycles. The molecule has 2 fully saturated rings. The molecule has 352 valence electrons. The van der Waals surface area contributed by atoms with Gasteiger partial charge in [0, 0.05) is 58.3 Å². The van der Waals surface area contributed by atoms with Crippen molar-refractivity contribution < 1.29 is 55.0 Å². The maximum absolute atomic E-state index is 14.7. The molecule has 0 unspecified atom stereocenters. The molecule has 5 aromatic rings. The van der Waals surface area contributed by atoms with Crippen molar-refractivity contribution >= 4 is 28.8 Å². The predicted molar refractivity (Wildman–Crippen MR) is 229 cm³/mol. The number of piperidine rings is 1. The van der Waals surface area contributed by atoms with Crippen molar-refractivity contribution in [1.29, 1.82) is 0 Å². The summed E-state index contributed by atoms with van der Waals surface area (Å²) in [6.45, 7) is 7.23. The number of benzene rings is 3. The van der Waals surface area contributed by atoms with Crippen molar-refractivity contribution in [3.8, 4) is 11.1 Å². The topological polar surface area (TPSA) is 138 Å². The van der Waals surface area contributed by atoms with E-state index in [0.717, 1.165) is 23.8 Å². The van der Waals surface area contributed by atoms with Crippen LogP contribution in [-0.4, -0.2) is 109 Å². The van der Waals surface area contributed by atoms with Gasteiger partial charge < -0.3 is 24.2 Å². The number of aromatic nitrogens is 3. The highest BCUT2D eigenvalue weighted by Crippen LogP contribution is 2.32. The summed E-state index contributed by atoms with van der Waals surface area (Å²) in [5.41, 5.74) is 0.341. The van der Waals surface area contributed by atoms with Crippen LogP contribution < -0.4 is 5.56 Å². The normalized spacial score (nSPS) is 15.3. The van der Waals surface area contributed by atoms with Gasteiger partial charge in [0.05, 0.1) is 29.7 Å². The van der Waals surface area contributed by atoms with Gasteiger partial charge in [0.2, 0.25) is 11.8 Å². The molecule has 2 aliphatic heterocycles. The zero-order valence-electron chi connectivity index (χ0n) is 36.5. The minimum Gasteiger partial charge on any atom is -0.477 e. The summed E-state index contributed by atoms with van der Waals surface area (Å²) >= 11 is 0. The second-order valence-electron chi connectivity index (χ2n) is 16.7. The molecule has 7 rings (SSSR count). The van der Waals surface area contributed by atoms with Gasteiger partial charge in [-0.1, -0.05) is 48.5 Å². The van der Waals surface area contributed by atoms with E-state index in [2.05, 4.69) is 14.9 Å². The summed E-state index contributed by atoms with van der Waals surface area (Å²) < 4.78 is 97.8. The standard InChI is InChI=1S/C44H45F5N6O4.C3H4F2O2/c1-43(2,42(58)52-23-25-59-26-24-52)53-21-18-34(19-22-53)54(27-29-8-10-30(11-9-29)31-12-15-33(16-13-31)44(47,48)49)38(56)28-55-37(17-14-32-5-3-7-36(45)39(32)46)51-41(57)35-6-4-20-50-40(35)55;1-3(4,5)2(6)7/h3-13,15-16,20,34H,14,17-19,21-28H2,1-2H3;1H3,(H,6,7). The number of rotatable bonds is 12. The van der Waals surface area contributed by atoms with E-state index in [1.807, 2.05) is 30.9 Å². The number of ether oxygens (including phenoxy) is 1. The molecule has 12 nitrogen and oxygen atoms in total. The van der Waals surface area contributed by atoms with Gasteiger partial charge in [0.25, 0.3) is 5.56 Å². The van der Waals surface area contributed by atoms with E-state index in [-0.39, 0.29) is 66.2 Å². The molecular formula is C47H49F7N6O6. The van der Waals surface area contributed by atoms with Crippen LogP contribution in [0.1, 0.15) is 56.1 Å². The fourth-order valence-electron chi connectivity index (χ4n) is 8.01. The van der Waals surface area contributed by atoms with Crippen LogP contribution in [0.25, 0.3) is 22.2 Å². The average molecular weight is 927 g/mol. The Morgan fingerprint density at radius 2 is 1.42 bits per heavy atom. The van der Waals surface area contributed by atoms with Crippen molar-refractivity contribution in [3.63, 3.8) is 0 Å². The highest BCUT2D eigenvalue weighted by Gasteiger charge is 2.41. The first kappa shape index (κ1) is 49.2. The minimum atomic E-state index is -4.45. The molecule has 2 aromatic heterocycles. The summed E-state index contributed by atoms with van der Waals surface area (Å²) in [7, 11) is 0. The van der Waals surface area contributed by atoms with Crippen LogP contribution in [0.15, 0.2) is 89.9 Å². The highest BCUT2D eigenvalue weighted by atomic mass is 19.4. The van der Waals surface area contributed by atoms with Crippen molar-refractivity contribution in [2.45, 2.75) is 83.2 Å². The number of morpholine rings is 1. The Balaban J connectivity index is 0.000000952. The van der Waals surface area contributed by atoms with Gasteiger partial charge in [-0.15, -0.1) is 0 Å². The maximum atomic E-state index is 14.7. The SMILES string of the molecule is CC(C)(C(=O)N1CCOCC1)N1CCC(N(Cc2ccc(-c3ccc(C(F)(F)F)cc3)cc2)C(=O)Cn2c(CCc3cccc(F)c3F)nc(=O)c3cccnc32)CC1.CC(F)(F)C(=O)O. The molecule has 1 N–H and O–H groups in total. The smallest absolute Gasteiger partial charge is 0.416 e. The zero-order valence-corrected chi connectivity index (χ0v) is 36.5. The molecule has 0 radical (unpaired) electrons. The van der Waals surface area contributed by atoms with Crippen molar-refractivity contribution in [3.05, 3.63) is 130 Å². The number of likely N-dealkylation sites (tertiary alicyclic amines) is 1. The van der Waals surface area contributed by atoms with Gasteiger partial charge in [-0.05, 0) is 85.7 Å². The number of amides is 2. The van der Waals surface area contributed by atoms with Crippen LogP contribution in [0.2, 0.25) is 0 Å². The van der Waals surface area contributed by atoms with Gasteiger partial charge in [0.15, 0.2) is 11.6 Å². The molecule has 66 heavy (non-hydrogen) atoms. The number of carboxylic acids is 1. The molecular weight excluding hydrogens is 878 g/mol. The fraction of sp³-hybridized carbons (Fsp3) is 0.404. The molecule has 0 aliphatic carbocycles. The Bertz CT molecular complexity index is 2570. The lowest BCUT2D eigenvalue weighted by molar-refractivity contribution is -0.162. The number of carboxylic acid groups (broad SMARTS) is 1. The third kappa shape index (κ3) is 11.8. The van der Waals surface area contributed by atoms with Crippen LogP contribution in [-0.2, 0) is 51.2 Å². The Hall–Kier alpha value is -6.21. The lowest BCUT2D eigenvalue weighted by Gasteiger charge is -2.46. The number of aliphatic carboxylic acids is 1. The van der Waals surface area contributed by atoms with Crippen LogP contribution >= 0.6 is 0 Å². The van der Waals surface area contributed by atoms with Gasteiger partial charge in [0.1, 0.15) is 18.0 Å². The van der Waals surface area contributed by atoms with Crippen molar-refractivity contribution in [2.75, 3.05) is 39.4 Å². The fourth-order valence-corrected chi connectivity index (χ4v) is 8.01. The first-order chi connectivity index (χ1) is 31.1. The Labute approximate surface area is 375 Å². The number of alkyl halides is 5. The summed E-state index contributed by atoms with van der Waals surface area (Å²) in [5, 5.41) is 7.70. The predicted octanol–water partition coefficient (Wildman–Crippen LogP) is 7.40. The summed E-state index contributed by atoms with van der Waals surface area (Å²) in [6, 6.07) is 19.0. The van der Waals surface area contributed by atoms with Crippen molar-refractivity contribution in [1.82, 2.24) is 29.2 Å². The number of hydrogen-bond donors (Lipinski definition) is 1. The molecule has 3 aromatic carbocycles. The molecule has 2 aliphatic rings. The molecule has 0 spiro atoms. The minimum absolute atomic E-state index is 0.00891. The Morgan fingerprint density at radius 3 is 2.02 bits per heavy atom. The highest BCUT2D eigenvalue weighted by molar-refractivity contribution is 5.85. The van der Waals surface area contributed by atoms with Gasteiger partial charge in [-0.3, -0.25) is 19.3 Å². The summed E-state index contributed by atoms with van der Waals surface area (Å²) in [4.78, 5) is 65.3. The average Bonchev–Trinajstić information content (AvgIpc) is 3.29. The number of carbonyl (C=O) groups is 3. The second-order valence-corrected chi connectivity index (χ2v) is 16.7. The second kappa shape index (κ2) is 20.5. The first-order valence-corrected chi connectivity index (χ1v) is 21.2. The number of fused-ring (bicyclic) bond motifs is 1. The number of nitrogens with zero attached hydrogens (tertiary/aromatic N) is 6. The zero-order chi connectivity index (χ0) is 48.0. The lowest BCUT2D eigenvalue weighted by Crippen LogP contribution is -2.61. The first-order valence-electron chi connectivity index (χ1n) is 21.2. The number of hydrogen-bond acceptors (Lipinski definition) is 8. The molecule has 2 amide bonds. The van der Waals surface area contributed by atoms with E-state index < -0.39 is 46.4 Å². The van der Waals surface area contributed by atoms with E-state index in [1.54, 1.807) is 33.7 Å². The number of carbonyl (C=O) groups excluding carboxylic acids is 2.